The summed E-state index contributed by atoms with van der Waals surface area (Å²) in [5, 5.41) is 3.09. The number of nitrogens with one attached hydrogen (secondary N) is 1. The zero-order valence-electron chi connectivity index (χ0n) is 10.4. The fourth-order valence-electron chi connectivity index (χ4n) is 1.80. The van der Waals surface area contributed by atoms with Gasteiger partial charge in [0.2, 0.25) is 5.88 Å². The normalized spacial score (nSPS) is 11.0. The van der Waals surface area contributed by atoms with E-state index in [1.54, 1.807) is 18.2 Å². The average molecular weight is 359 g/mol. The highest BCUT2D eigenvalue weighted by molar-refractivity contribution is 8.00. The van der Waals surface area contributed by atoms with Crippen molar-refractivity contribution >= 4 is 62.6 Å². The molecule has 0 bridgehead atoms. The van der Waals surface area contributed by atoms with Crippen molar-refractivity contribution in [3.63, 3.8) is 0 Å². The summed E-state index contributed by atoms with van der Waals surface area (Å²) in [7, 11) is 0. The first-order valence-electron chi connectivity index (χ1n) is 5.74. The minimum atomic E-state index is -0.872. The van der Waals surface area contributed by atoms with Crippen LogP contribution in [0.25, 0.3) is 10.2 Å². The van der Waals surface area contributed by atoms with Gasteiger partial charge in [-0.25, -0.2) is 4.79 Å². The molecule has 0 spiro atoms. The van der Waals surface area contributed by atoms with Crippen molar-refractivity contribution in [3.8, 4) is 5.88 Å². The van der Waals surface area contributed by atoms with E-state index in [-0.39, 0.29) is 0 Å². The van der Waals surface area contributed by atoms with Crippen LogP contribution in [0.3, 0.4) is 0 Å². The Labute approximate surface area is 138 Å². The number of H-pyrrole nitrogens is 1. The summed E-state index contributed by atoms with van der Waals surface area (Å²) in [5.74, 6) is 0.311. The van der Waals surface area contributed by atoms with Crippen molar-refractivity contribution in [2.24, 2.45) is 5.73 Å². The van der Waals surface area contributed by atoms with Gasteiger partial charge < -0.3 is 15.5 Å². The quantitative estimate of drug-likeness (QED) is 0.680. The number of rotatable bonds is 3. The number of carbonyl (C=O) groups is 1. The molecule has 0 aliphatic rings. The van der Waals surface area contributed by atoms with Gasteiger partial charge in [0.15, 0.2) is 0 Å². The lowest BCUT2D eigenvalue weighted by molar-refractivity contribution is 0.208. The zero-order valence-corrected chi connectivity index (χ0v) is 13.5. The molecular weight excluding hydrogens is 351 g/mol. The maximum atomic E-state index is 11.0. The van der Waals surface area contributed by atoms with Crippen LogP contribution in [-0.2, 0) is 0 Å². The second kappa shape index (κ2) is 5.81. The third-order valence-corrected chi connectivity index (χ3v) is 5.52. The van der Waals surface area contributed by atoms with Crippen LogP contribution in [0.5, 0.6) is 5.88 Å². The van der Waals surface area contributed by atoms with Crippen molar-refractivity contribution in [1.82, 2.24) is 4.98 Å². The van der Waals surface area contributed by atoms with Gasteiger partial charge in [0.05, 0.1) is 20.1 Å². The first-order chi connectivity index (χ1) is 10.0. The number of benzene rings is 1. The second-order valence-electron chi connectivity index (χ2n) is 4.04. The summed E-state index contributed by atoms with van der Waals surface area (Å²) < 4.78 is 5.99. The van der Waals surface area contributed by atoms with E-state index in [9.17, 15) is 4.79 Å². The van der Waals surface area contributed by atoms with E-state index in [0.717, 1.165) is 20.0 Å². The van der Waals surface area contributed by atoms with Crippen molar-refractivity contribution in [2.75, 3.05) is 0 Å². The lowest BCUT2D eigenvalue weighted by Crippen LogP contribution is -2.16. The molecule has 108 valence electrons. The van der Waals surface area contributed by atoms with E-state index in [0.29, 0.717) is 15.9 Å². The fourth-order valence-corrected chi connectivity index (χ4v) is 4.28. The number of fused-ring (bicyclic) bond motifs is 1. The Hall–Kier alpha value is -1.34. The highest BCUT2D eigenvalue weighted by Crippen LogP contribution is 2.45. The van der Waals surface area contributed by atoms with E-state index in [1.165, 1.54) is 23.1 Å². The van der Waals surface area contributed by atoms with E-state index in [4.69, 9.17) is 33.7 Å². The van der Waals surface area contributed by atoms with Gasteiger partial charge in [-0.3, -0.25) is 0 Å². The minimum absolute atomic E-state index is 0.311. The highest BCUT2D eigenvalue weighted by Gasteiger charge is 2.18. The van der Waals surface area contributed by atoms with Crippen LogP contribution in [-0.4, -0.2) is 11.1 Å². The number of hydrogen-bond donors (Lipinski definition) is 2. The number of aromatic nitrogens is 1. The molecule has 0 saturated carbocycles. The molecule has 4 nitrogen and oxygen atoms in total. The average Bonchev–Trinajstić information content (AvgIpc) is 2.96. The molecule has 0 saturated heterocycles. The number of ether oxygens (including phenoxy) is 1. The van der Waals surface area contributed by atoms with Crippen molar-refractivity contribution < 1.29 is 9.53 Å². The summed E-state index contributed by atoms with van der Waals surface area (Å²) >= 11 is 15.1. The Morgan fingerprint density at radius 2 is 2.14 bits per heavy atom. The number of carbonyl (C=O) groups excluding carboxylic acids is 1. The number of thiophene rings is 1. The minimum Gasteiger partial charge on any atom is -0.392 e. The molecule has 1 amide bonds. The van der Waals surface area contributed by atoms with Crippen LogP contribution in [0, 0.1) is 0 Å². The maximum absolute atomic E-state index is 11.0. The number of nitrogens with two attached hydrogens (primary N) is 1. The van der Waals surface area contributed by atoms with Gasteiger partial charge in [0, 0.05) is 9.92 Å². The second-order valence-corrected chi connectivity index (χ2v) is 6.86. The van der Waals surface area contributed by atoms with Gasteiger partial charge in [-0.2, -0.15) is 0 Å². The van der Waals surface area contributed by atoms with Crippen molar-refractivity contribution in [1.29, 1.82) is 0 Å². The predicted molar refractivity (Wildman–Crippen MR) is 87.0 cm³/mol. The smallest absolute Gasteiger partial charge is 0.392 e. The summed E-state index contributed by atoms with van der Waals surface area (Å²) in [6.45, 7) is 0. The largest absolute Gasteiger partial charge is 0.411 e. The van der Waals surface area contributed by atoms with Crippen molar-refractivity contribution in [3.05, 3.63) is 39.7 Å². The fraction of sp³-hybridized carbons (Fsp3) is 0. The highest BCUT2D eigenvalue weighted by atomic mass is 35.5. The Balaban J connectivity index is 2.07. The Morgan fingerprint density at radius 3 is 2.90 bits per heavy atom. The van der Waals surface area contributed by atoms with Crippen LogP contribution >= 0.6 is 46.3 Å². The van der Waals surface area contributed by atoms with E-state index in [2.05, 4.69) is 4.98 Å². The Bertz CT molecular complexity index is 829. The van der Waals surface area contributed by atoms with Crippen LogP contribution in [0.15, 0.2) is 39.4 Å². The molecule has 0 atom stereocenters. The van der Waals surface area contributed by atoms with E-state index in [1.807, 2.05) is 11.4 Å². The molecule has 3 aromatic rings. The number of halogens is 2. The molecule has 2 heterocycles. The van der Waals surface area contributed by atoms with Crippen LogP contribution in [0.1, 0.15) is 0 Å². The topological polar surface area (TPSA) is 68.1 Å². The summed E-state index contributed by atoms with van der Waals surface area (Å²) in [6, 6.07) is 7.10. The molecule has 2 aromatic heterocycles. The molecule has 0 fully saturated rings. The van der Waals surface area contributed by atoms with Gasteiger partial charge in [-0.15, -0.1) is 11.3 Å². The van der Waals surface area contributed by atoms with Crippen LogP contribution < -0.4 is 10.5 Å². The number of primary amides is 1. The van der Waals surface area contributed by atoms with Crippen LogP contribution in [0.4, 0.5) is 4.79 Å². The SMILES string of the molecule is NC(=O)Oc1[nH]c2ccsc2c1Sc1cc(Cl)ccc1Cl. The third kappa shape index (κ3) is 2.98. The molecule has 3 rings (SSSR count). The molecule has 21 heavy (non-hydrogen) atoms. The summed E-state index contributed by atoms with van der Waals surface area (Å²) in [5.41, 5.74) is 5.97. The predicted octanol–water partition coefficient (Wildman–Crippen LogP) is 5.14. The first-order valence-corrected chi connectivity index (χ1v) is 8.19. The Morgan fingerprint density at radius 1 is 1.33 bits per heavy atom. The van der Waals surface area contributed by atoms with E-state index >= 15 is 0 Å². The number of amides is 1. The number of aromatic amines is 1. The third-order valence-electron chi connectivity index (χ3n) is 2.63. The zero-order chi connectivity index (χ0) is 15.0. The van der Waals surface area contributed by atoms with Gasteiger partial charge in [0.1, 0.15) is 0 Å². The van der Waals surface area contributed by atoms with Crippen molar-refractivity contribution in [2.45, 2.75) is 9.79 Å². The molecule has 3 N–H and O–H groups in total. The lowest BCUT2D eigenvalue weighted by atomic mass is 10.4. The van der Waals surface area contributed by atoms with E-state index < -0.39 is 6.09 Å². The number of hydrogen-bond acceptors (Lipinski definition) is 4. The molecule has 0 aliphatic carbocycles. The van der Waals surface area contributed by atoms with Gasteiger partial charge in [-0.1, -0.05) is 35.0 Å². The Kier molecular flexibility index (Phi) is 4.03. The standard InChI is InChI=1S/C13H8Cl2N2O2S2/c14-6-1-2-7(15)9(5-6)21-11-10-8(3-4-20-10)17-12(11)19-13(16)18/h1-5,17H,(H2,16,18). The van der Waals surface area contributed by atoms with Gasteiger partial charge >= 0.3 is 6.09 Å². The van der Waals surface area contributed by atoms with Gasteiger partial charge in [0.25, 0.3) is 0 Å². The molecule has 0 radical (unpaired) electrons. The van der Waals surface area contributed by atoms with Gasteiger partial charge in [-0.05, 0) is 29.6 Å². The molecule has 8 heteroatoms. The molecule has 1 aromatic carbocycles. The molecular formula is C13H8Cl2N2O2S2. The summed E-state index contributed by atoms with van der Waals surface area (Å²) in [4.78, 5) is 15.6. The van der Waals surface area contributed by atoms with Crippen LogP contribution in [0.2, 0.25) is 10.0 Å². The first kappa shape index (κ1) is 14.6. The summed E-state index contributed by atoms with van der Waals surface area (Å²) in [6.07, 6.45) is -0.872. The molecule has 0 unspecified atom stereocenters. The molecule has 0 aliphatic heterocycles. The maximum Gasteiger partial charge on any atom is 0.411 e. The monoisotopic (exact) mass is 358 g/mol. The lowest BCUT2D eigenvalue weighted by Gasteiger charge is -2.06.